The molecule has 6 heteroatoms. The highest BCUT2D eigenvalue weighted by Crippen LogP contribution is 2.18. The van der Waals surface area contributed by atoms with Gasteiger partial charge in [0, 0.05) is 18.3 Å². The van der Waals surface area contributed by atoms with E-state index in [0.29, 0.717) is 12.1 Å². The number of hydrogen-bond acceptors (Lipinski definition) is 3. The first-order valence-corrected chi connectivity index (χ1v) is 5.39. The van der Waals surface area contributed by atoms with E-state index in [0.717, 1.165) is 17.5 Å². The van der Waals surface area contributed by atoms with Crippen molar-refractivity contribution in [3.8, 4) is 0 Å². The van der Waals surface area contributed by atoms with Crippen LogP contribution in [0.25, 0.3) is 0 Å². The fraction of sp³-hybridized carbons (Fsp3) is 0.250. The second-order valence-electron chi connectivity index (χ2n) is 4.12. The first-order valence-electron chi connectivity index (χ1n) is 5.39. The average Bonchev–Trinajstić information content (AvgIpc) is 2.60. The molecule has 0 unspecified atom stereocenters. The predicted molar refractivity (Wildman–Crippen MR) is 63.9 cm³/mol. The number of benzene rings is 1. The fourth-order valence-electron chi connectivity index (χ4n) is 1.73. The van der Waals surface area contributed by atoms with Gasteiger partial charge in [0.25, 0.3) is 5.69 Å². The fourth-order valence-corrected chi connectivity index (χ4v) is 1.73. The summed E-state index contributed by atoms with van der Waals surface area (Å²) < 4.78 is 15.1. The zero-order valence-electron chi connectivity index (χ0n) is 10.1. The van der Waals surface area contributed by atoms with Gasteiger partial charge in [-0.05, 0) is 25.5 Å². The first kappa shape index (κ1) is 12.2. The second-order valence-corrected chi connectivity index (χ2v) is 4.12. The molecule has 0 radical (unpaired) electrons. The lowest BCUT2D eigenvalue weighted by Gasteiger charge is -2.06. The van der Waals surface area contributed by atoms with Crippen LogP contribution in [-0.4, -0.2) is 14.5 Å². The molecule has 0 amide bonds. The second kappa shape index (κ2) is 4.56. The molecule has 5 nitrogen and oxygen atoms in total. The number of non-ortho nitro benzene ring substituents is 1. The monoisotopic (exact) mass is 249 g/mol. The van der Waals surface area contributed by atoms with E-state index in [1.165, 1.54) is 12.1 Å². The number of halogens is 1. The van der Waals surface area contributed by atoms with Crippen LogP contribution < -0.4 is 0 Å². The molecule has 0 atom stereocenters. The number of nitro groups is 1. The maximum Gasteiger partial charge on any atom is 0.272 e. The number of hydrogen-bond donors (Lipinski definition) is 0. The Balaban J connectivity index is 2.34. The van der Waals surface area contributed by atoms with Crippen molar-refractivity contribution >= 4 is 5.69 Å². The maximum atomic E-state index is 13.3. The number of aryl methyl sites for hydroxylation is 1. The Bertz CT molecular complexity index is 607. The van der Waals surface area contributed by atoms with Crippen LogP contribution in [-0.2, 0) is 6.54 Å². The van der Waals surface area contributed by atoms with Crippen molar-refractivity contribution < 1.29 is 9.31 Å². The lowest BCUT2D eigenvalue weighted by molar-refractivity contribution is -0.385. The topological polar surface area (TPSA) is 61.0 Å². The molecule has 0 bridgehead atoms. The molecule has 0 N–H and O–H groups in total. The Morgan fingerprint density at radius 3 is 2.67 bits per heavy atom. The van der Waals surface area contributed by atoms with Gasteiger partial charge in [0.2, 0.25) is 0 Å². The van der Waals surface area contributed by atoms with E-state index in [1.807, 2.05) is 18.4 Å². The highest BCUT2D eigenvalue weighted by atomic mass is 19.1. The molecule has 2 aromatic rings. The molecule has 1 aromatic carbocycles. The number of aromatic nitrogens is 2. The third-order valence-corrected chi connectivity index (χ3v) is 2.85. The lowest BCUT2D eigenvalue weighted by atomic mass is 10.2. The summed E-state index contributed by atoms with van der Waals surface area (Å²) in [4.78, 5) is 14.2. The molecule has 0 aliphatic rings. The number of rotatable bonds is 3. The van der Waals surface area contributed by atoms with Crippen LogP contribution >= 0.6 is 0 Å². The Morgan fingerprint density at radius 1 is 1.39 bits per heavy atom. The van der Waals surface area contributed by atoms with Crippen molar-refractivity contribution in [2.45, 2.75) is 20.4 Å². The van der Waals surface area contributed by atoms with Gasteiger partial charge in [0.15, 0.2) is 0 Å². The summed E-state index contributed by atoms with van der Waals surface area (Å²) in [6.07, 6.45) is 1.64. The summed E-state index contributed by atoms with van der Waals surface area (Å²) in [6.45, 7) is 4.14. The van der Waals surface area contributed by atoms with Gasteiger partial charge in [-0.1, -0.05) is 0 Å². The summed E-state index contributed by atoms with van der Waals surface area (Å²) in [5.41, 5.74) is 2.16. The SMILES string of the molecule is Cc1ncn(Cc2cc(F)cc([N+](=O)[O-])c2)c1C. The van der Waals surface area contributed by atoms with Gasteiger partial charge in [0.1, 0.15) is 5.82 Å². The van der Waals surface area contributed by atoms with Crippen LogP contribution in [0.15, 0.2) is 24.5 Å². The summed E-state index contributed by atoms with van der Waals surface area (Å²) >= 11 is 0. The maximum absolute atomic E-state index is 13.3. The quantitative estimate of drug-likeness (QED) is 0.620. The van der Waals surface area contributed by atoms with Crippen molar-refractivity contribution in [1.82, 2.24) is 9.55 Å². The minimum Gasteiger partial charge on any atom is -0.330 e. The van der Waals surface area contributed by atoms with E-state index in [2.05, 4.69) is 4.98 Å². The highest BCUT2D eigenvalue weighted by Gasteiger charge is 2.11. The summed E-state index contributed by atoms with van der Waals surface area (Å²) in [5.74, 6) is -0.603. The zero-order chi connectivity index (χ0) is 13.3. The molecule has 18 heavy (non-hydrogen) atoms. The highest BCUT2D eigenvalue weighted by molar-refractivity contribution is 5.35. The van der Waals surface area contributed by atoms with Crippen molar-refractivity contribution in [3.05, 3.63) is 57.4 Å². The lowest BCUT2D eigenvalue weighted by Crippen LogP contribution is -2.02. The van der Waals surface area contributed by atoms with Gasteiger partial charge in [-0.25, -0.2) is 9.37 Å². The van der Waals surface area contributed by atoms with E-state index in [-0.39, 0.29) is 5.69 Å². The first-order chi connectivity index (χ1) is 8.47. The Morgan fingerprint density at radius 2 is 2.11 bits per heavy atom. The van der Waals surface area contributed by atoms with E-state index in [1.54, 1.807) is 6.33 Å². The largest absolute Gasteiger partial charge is 0.330 e. The van der Waals surface area contributed by atoms with Crippen LogP contribution in [0.3, 0.4) is 0 Å². The van der Waals surface area contributed by atoms with Crippen molar-refractivity contribution in [3.63, 3.8) is 0 Å². The molecule has 0 saturated heterocycles. The molecule has 0 fully saturated rings. The Kier molecular flexibility index (Phi) is 3.10. The molecule has 1 heterocycles. The van der Waals surface area contributed by atoms with Gasteiger partial charge in [-0.3, -0.25) is 10.1 Å². The number of nitro benzene ring substituents is 1. The summed E-state index contributed by atoms with van der Waals surface area (Å²) in [7, 11) is 0. The molecular weight excluding hydrogens is 237 g/mol. The van der Waals surface area contributed by atoms with E-state index < -0.39 is 10.7 Å². The number of nitrogens with zero attached hydrogens (tertiary/aromatic N) is 3. The Labute approximate surface area is 103 Å². The molecule has 0 saturated carbocycles. The van der Waals surface area contributed by atoms with Gasteiger partial charge in [-0.15, -0.1) is 0 Å². The Hall–Kier alpha value is -2.24. The van der Waals surface area contributed by atoms with Crippen molar-refractivity contribution in [2.75, 3.05) is 0 Å². The minimum absolute atomic E-state index is 0.237. The summed E-state index contributed by atoms with van der Waals surface area (Å²) in [5, 5.41) is 10.6. The third kappa shape index (κ3) is 2.37. The van der Waals surface area contributed by atoms with Gasteiger partial charge < -0.3 is 4.57 Å². The molecule has 1 aromatic heterocycles. The molecule has 0 aliphatic carbocycles. The van der Waals surface area contributed by atoms with E-state index in [9.17, 15) is 14.5 Å². The van der Waals surface area contributed by atoms with Gasteiger partial charge >= 0.3 is 0 Å². The minimum atomic E-state index is -0.603. The standard InChI is InChI=1S/C12H12FN3O2/c1-8-9(2)15(7-14-8)6-10-3-11(13)5-12(4-10)16(17)18/h3-5,7H,6H2,1-2H3. The van der Waals surface area contributed by atoms with Crippen LogP contribution in [0.1, 0.15) is 17.0 Å². The molecular formula is C12H12FN3O2. The van der Waals surface area contributed by atoms with Crippen LogP contribution in [0.2, 0.25) is 0 Å². The van der Waals surface area contributed by atoms with Crippen LogP contribution in [0, 0.1) is 29.8 Å². The third-order valence-electron chi connectivity index (χ3n) is 2.85. The zero-order valence-corrected chi connectivity index (χ0v) is 10.1. The van der Waals surface area contributed by atoms with Gasteiger partial charge in [0.05, 0.1) is 23.0 Å². The molecule has 94 valence electrons. The summed E-state index contributed by atoms with van der Waals surface area (Å²) in [6, 6.07) is 3.58. The van der Waals surface area contributed by atoms with E-state index in [4.69, 9.17) is 0 Å². The number of imidazole rings is 1. The average molecular weight is 249 g/mol. The van der Waals surface area contributed by atoms with E-state index >= 15 is 0 Å². The molecule has 2 rings (SSSR count). The smallest absolute Gasteiger partial charge is 0.272 e. The van der Waals surface area contributed by atoms with Gasteiger partial charge in [-0.2, -0.15) is 0 Å². The van der Waals surface area contributed by atoms with Crippen molar-refractivity contribution in [2.24, 2.45) is 0 Å². The molecule has 0 spiro atoms. The normalized spacial score (nSPS) is 10.6. The van der Waals surface area contributed by atoms with Crippen molar-refractivity contribution in [1.29, 1.82) is 0 Å². The van der Waals surface area contributed by atoms with Crippen LogP contribution in [0.5, 0.6) is 0 Å². The predicted octanol–water partition coefficient (Wildman–Crippen LogP) is 2.60. The molecule has 0 aliphatic heterocycles. The van der Waals surface area contributed by atoms with Crippen LogP contribution in [0.4, 0.5) is 10.1 Å².